The zero-order chi connectivity index (χ0) is 11.8. The van der Waals surface area contributed by atoms with Crippen LogP contribution in [0.5, 0.6) is 0 Å². The molecule has 90 valence electrons. The molecule has 1 fully saturated rings. The van der Waals surface area contributed by atoms with E-state index in [9.17, 15) is 10.0 Å². The second-order valence-electron chi connectivity index (χ2n) is 4.80. The second-order valence-corrected chi connectivity index (χ2v) is 4.80. The molecule has 3 rings (SSSR count). The molecule has 0 aliphatic carbocycles. The van der Waals surface area contributed by atoms with Crippen molar-refractivity contribution >= 4 is 5.91 Å². The molecule has 4 heteroatoms. The van der Waals surface area contributed by atoms with Crippen molar-refractivity contribution in [3.05, 3.63) is 34.9 Å². The van der Waals surface area contributed by atoms with Crippen LogP contribution in [-0.4, -0.2) is 29.3 Å². The Morgan fingerprint density at radius 3 is 2.82 bits per heavy atom. The normalized spacial score (nSPS) is 20.8. The van der Waals surface area contributed by atoms with Crippen LogP contribution < -0.4 is 5.32 Å². The number of hydrogen-bond donors (Lipinski definition) is 2. The molecule has 0 spiro atoms. The van der Waals surface area contributed by atoms with Crippen LogP contribution in [-0.2, 0) is 6.54 Å². The summed E-state index contributed by atoms with van der Waals surface area (Å²) < 4.78 is 0. The smallest absolute Gasteiger partial charge is 0.277 e. The van der Waals surface area contributed by atoms with Crippen molar-refractivity contribution in [1.29, 1.82) is 0 Å². The van der Waals surface area contributed by atoms with E-state index in [0.29, 0.717) is 18.0 Å². The first kappa shape index (κ1) is 10.7. The number of fused-ring (bicyclic) bond motifs is 1. The molecule has 0 radical (unpaired) electrons. The second kappa shape index (κ2) is 4.13. The molecular weight excluding hydrogens is 216 g/mol. The van der Waals surface area contributed by atoms with E-state index in [2.05, 4.69) is 11.4 Å². The number of hydrogen-bond acceptors (Lipinski definition) is 3. The number of benzene rings is 1. The number of nitrogens with zero attached hydrogens (tertiary/aromatic N) is 1. The number of amides is 1. The van der Waals surface area contributed by atoms with Crippen molar-refractivity contribution in [3.8, 4) is 0 Å². The van der Waals surface area contributed by atoms with E-state index in [4.69, 9.17) is 0 Å². The number of carbonyl (C=O) groups is 1. The Kier molecular flexibility index (Phi) is 2.61. The van der Waals surface area contributed by atoms with Crippen molar-refractivity contribution in [3.63, 3.8) is 0 Å². The zero-order valence-corrected chi connectivity index (χ0v) is 9.65. The molecular formula is C13H16N2O2. The lowest BCUT2D eigenvalue weighted by Crippen LogP contribution is -2.26. The molecule has 2 aliphatic rings. The van der Waals surface area contributed by atoms with Crippen LogP contribution in [0.4, 0.5) is 0 Å². The van der Waals surface area contributed by atoms with Gasteiger partial charge in [-0.2, -0.15) is 0 Å². The maximum absolute atomic E-state index is 11.6. The van der Waals surface area contributed by atoms with E-state index in [1.165, 1.54) is 5.56 Å². The maximum atomic E-state index is 11.6. The van der Waals surface area contributed by atoms with Crippen LogP contribution in [0.1, 0.15) is 40.2 Å². The van der Waals surface area contributed by atoms with Crippen molar-refractivity contribution in [2.45, 2.75) is 25.3 Å². The van der Waals surface area contributed by atoms with Gasteiger partial charge in [0.1, 0.15) is 0 Å². The van der Waals surface area contributed by atoms with Gasteiger partial charge in [-0.25, -0.2) is 5.06 Å². The Morgan fingerprint density at radius 1 is 1.29 bits per heavy atom. The molecule has 2 heterocycles. The highest BCUT2D eigenvalue weighted by atomic mass is 16.5. The molecule has 17 heavy (non-hydrogen) atoms. The Balaban J connectivity index is 1.89. The molecule has 1 amide bonds. The number of hydroxylamine groups is 2. The van der Waals surface area contributed by atoms with Gasteiger partial charge in [-0.15, -0.1) is 0 Å². The Hall–Kier alpha value is -1.39. The summed E-state index contributed by atoms with van der Waals surface area (Å²) in [6.45, 7) is 2.45. The van der Waals surface area contributed by atoms with E-state index in [1.807, 2.05) is 12.1 Å². The fourth-order valence-electron chi connectivity index (χ4n) is 2.73. The summed E-state index contributed by atoms with van der Waals surface area (Å²) >= 11 is 0. The molecule has 0 saturated carbocycles. The third kappa shape index (κ3) is 1.83. The number of piperidine rings is 1. The van der Waals surface area contributed by atoms with E-state index in [0.717, 1.165) is 36.6 Å². The average Bonchev–Trinajstić information content (AvgIpc) is 2.66. The first-order chi connectivity index (χ1) is 8.25. The summed E-state index contributed by atoms with van der Waals surface area (Å²) in [7, 11) is 0. The van der Waals surface area contributed by atoms with Crippen LogP contribution in [0.2, 0.25) is 0 Å². The van der Waals surface area contributed by atoms with Gasteiger partial charge in [0.05, 0.1) is 6.54 Å². The quantitative estimate of drug-likeness (QED) is 0.721. The fourth-order valence-corrected chi connectivity index (χ4v) is 2.73. The number of carbonyl (C=O) groups excluding carboxylic acids is 1. The summed E-state index contributed by atoms with van der Waals surface area (Å²) in [6, 6.07) is 5.97. The summed E-state index contributed by atoms with van der Waals surface area (Å²) in [5, 5.41) is 13.5. The highest BCUT2D eigenvalue weighted by Gasteiger charge is 2.27. The molecule has 0 atom stereocenters. The van der Waals surface area contributed by atoms with Crippen LogP contribution in [0.3, 0.4) is 0 Å². The van der Waals surface area contributed by atoms with Crippen LogP contribution >= 0.6 is 0 Å². The minimum atomic E-state index is -0.281. The lowest BCUT2D eigenvalue weighted by Gasteiger charge is -2.23. The standard InChI is InChI=1S/C13H16N2O2/c16-13-12-2-1-10(7-11(12)8-15(13)17)9-3-5-14-6-4-9/h1-2,7,9,14,17H,3-6,8H2. The van der Waals surface area contributed by atoms with Gasteiger partial charge in [0, 0.05) is 5.56 Å². The van der Waals surface area contributed by atoms with Gasteiger partial charge >= 0.3 is 0 Å². The highest BCUT2D eigenvalue weighted by molar-refractivity contribution is 5.97. The minimum absolute atomic E-state index is 0.281. The average molecular weight is 232 g/mol. The Labute approximate surface area is 100 Å². The van der Waals surface area contributed by atoms with Crippen LogP contribution in [0.15, 0.2) is 18.2 Å². The van der Waals surface area contributed by atoms with E-state index < -0.39 is 0 Å². The first-order valence-electron chi connectivity index (χ1n) is 6.10. The molecule has 0 aromatic heterocycles. The summed E-state index contributed by atoms with van der Waals surface area (Å²) in [4.78, 5) is 11.6. The van der Waals surface area contributed by atoms with Gasteiger partial charge < -0.3 is 5.32 Å². The molecule has 4 nitrogen and oxygen atoms in total. The molecule has 2 N–H and O–H groups in total. The summed E-state index contributed by atoms with van der Waals surface area (Å²) in [5.74, 6) is 0.307. The van der Waals surface area contributed by atoms with Crippen molar-refractivity contribution in [1.82, 2.24) is 10.4 Å². The maximum Gasteiger partial charge on any atom is 0.277 e. The van der Waals surface area contributed by atoms with Gasteiger partial charge in [0.15, 0.2) is 0 Å². The summed E-state index contributed by atoms with van der Waals surface area (Å²) in [6.07, 6.45) is 2.30. The molecule has 1 saturated heterocycles. The summed E-state index contributed by atoms with van der Waals surface area (Å²) in [5.41, 5.74) is 2.90. The first-order valence-corrected chi connectivity index (χ1v) is 6.10. The minimum Gasteiger partial charge on any atom is -0.317 e. The van der Waals surface area contributed by atoms with Gasteiger partial charge in [-0.1, -0.05) is 12.1 Å². The SMILES string of the molecule is O=C1c2ccc(C3CCNCC3)cc2CN1O. The van der Waals surface area contributed by atoms with Crippen LogP contribution in [0, 0.1) is 0 Å². The largest absolute Gasteiger partial charge is 0.317 e. The van der Waals surface area contributed by atoms with Gasteiger partial charge in [-0.05, 0) is 49.0 Å². The van der Waals surface area contributed by atoms with Crippen molar-refractivity contribution in [2.75, 3.05) is 13.1 Å². The van der Waals surface area contributed by atoms with E-state index >= 15 is 0 Å². The third-order valence-corrected chi connectivity index (χ3v) is 3.72. The molecule has 0 unspecified atom stereocenters. The predicted octanol–water partition coefficient (Wildman–Crippen LogP) is 1.50. The monoisotopic (exact) mass is 232 g/mol. The zero-order valence-electron chi connectivity index (χ0n) is 9.65. The molecule has 0 bridgehead atoms. The van der Waals surface area contributed by atoms with Crippen LogP contribution in [0.25, 0.3) is 0 Å². The van der Waals surface area contributed by atoms with Gasteiger partial charge in [0.2, 0.25) is 0 Å². The topological polar surface area (TPSA) is 52.6 Å². The van der Waals surface area contributed by atoms with Gasteiger partial charge in [-0.3, -0.25) is 10.0 Å². The number of rotatable bonds is 1. The van der Waals surface area contributed by atoms with Crippen molar-refractivity contribution < 1.29 is 10.0 Å². The Bertz CT molecular complexity index is 453. The third-order valence-electron chi connectivity index (χ3n) is 3.72. The number of nitrogens with one attached hydrogen (secondary N) is 1. The fraction of sp³-hybridized carbons (Fsp3) is 0.462. The lowest BCUT2D eigenvalue weighted by atomic mass is 9.88. The lowest BCUT2D eigenvalue weighted by molar-refractivity contribution is -0.0579. The molecule has 1 aromatic carbocycles. The molecule has 2 aliphatic heterocycles. The van der Waals surface area contributed by atoms with E-state index in [1.54, 1.807) is 0 Å². The van der Waals surface area contributed by atoms with Crippen molar-refractivity contribution in [2.24, 2.45) is 0 Å². The van der Waals surface area contributed by atoms with Gasteiger partial charge in [0.25, 0.3) is 5.91 Å². The highest BCUT2D eigenvalue weighted by Crippen LogP contribution is 2.29. The molecule has 1 aromatic rings. The predicted molar refractivity (Wildman–Crippen MR) is 62.9 cm³/mol. The van der Waals surface area contributed by atoms with E-state index in [-0.39, 0.29) is 5.91 Å². The Morgan fingerprint density at radius 2 is 2.06 bits per heavy atom.